The maximum absolute atomic E-state index is 12.5. The molecule has 2 amide bonds. The minimum absolute atomic E-state index is 0.0392. The molecule has 158 valence electrons. The lowest BCUT2D eigenvalue weighted by Gasteiger charge is -2.35. The van der Waals surface area contributed by atoms with Crippen molar-refractivity contribution in [2.45, 2.75) is 46.1 Å². The summed E-state index contributed by atoms with van der Waals surface area (Å²) in [5, 5.41) is 3.73. The van der Waals surface area contributed by atoms with Gasteiger partial charge in [0.15, 0.2) is 0 Å². The van der Waals surface area contributed by atoms with E-state index in [9.17, 15) is 9.59 Å². The van der Waals surface area contributed by atoms with Crippen LogP contribution in [0.3, 0.4) is 0 Å². The molecule has 3 rings (SSSR count). The number of rotatable bonds is 5. The number of hydrogen-bond donors (Lipinski definition) is 1. The molecule has 1 aliphatic heterocycles. The third kappa shape index (κ3) is 5.56. The van der Waals surface area contributed by atoms with Crippen LogP contribution in [-0.2, 0) is 16.0 Å². The van der Waals surface area contributed by atoms with E-state index in [1.165, 1.54) is 4.88 Å². The largest absolute Gasteiger partial charge is 0.444 e. The lowest BCUT2D eigenvalue weighted by atomic mass is 10.2. The average molecular weight is 420 g/mol. The van der Waals surface area contributed by atoms with Gasteiger partial charge >= 0.3 is 6.09 Å². The minimum Gasteiger partial charge on any atom is -0.444 e. The van der Waals surface area contributed by atoms with Gasteiger partial charge in [-0.05, 0) is 33.3 Å². The van der Waals surface area contributed by atoms with Gasteiger partial charge in [0.1, 0.15) is 22.6 Å². The molecule has 0 unspecified atom stereocenters. The molecule has 0 radical (unpaired) electrons. The van der Waals surface area contributed by atoms with Crippen molar-refractivity contribution in [2.75, 3.05) is 37.6 Å². The third-order valence-corrected chi connectivity index (χ3v) is 5.83. The first-order valence-corrected chi connectivity index (χ1v) is 10.8. The molecule has 0 saturated carbocycles. The van der Waals surface area contributed by atoms with E-state index in [0.717, 1.165) is 35.5 Å². The third-order valence-electron chi connectivity index (χ3n) is 4.65. The number of nitrogens with zero attached hydrogens (tertiary/aromatic N) is 4. The van der Waals surface area contributed by atoms with Crippen molar-refractivity contribution in [3.8, 4) is 0 Å². The zero-order valence-corrected chi connectivity index (χ0v) is 18.3. The zero-order chi connectivity index (χ0) is 21.0. The number of ether oxygens (including phenoxy) is 1. The molecule has 1 fully saturated rings. The van der Waals surface area contributed by atoms with E-state index in [-0.39, 0.29) is 18.9 Å². The predicted octanol–water partition coefficient (Wildman–Crippen LogP) is 2.82. The van der Waals surface area contributed by atoms with Crippen LogP contribution in [0.4, 0.5) is 10.6 Å². The highest BCUT2D eigenvalue weighted by Gasteiger charge is 2.24. The molecular weight excluding hydrogens is 390 g/mol. The van der Waals surface area contributed by atoms with Crippen molar-refractivity contribution < 1.29 is 14.3 Å². The Morgan fingerprint density at radius 3 is 2.59 bits per heavy atom. The molecule has 0 bridgehead atoms. The number of carbonyl (C=O) groups is 2. The van der Waals surface area contributed by atoms with Gasteiger partial charge in [0.2, 0.25) is 5.91 Å². The molecule has 1 N–H and O–H groups in total. The fourth-order valence-corrected chi connectivity index (χ4v) is 4.16. The molecule has 0 atom stereocenters. The Morgan fingerprint density at radius 1 is 1.21 bits per heavy atom. The van der Waals surface area contributed by atoms with Crippen LogP contribution >= 0.6 is 11.3 Å². The van der Waals surface area contributed by atoms with Crippen LogP contribution in [0.1, 0.15) is 39.0 Å². The maximum atomic E-state index is 12.5. The van der Waals surface area contributed by atoms with Crippen LogP contribution in [0.5, 0.6) is 0 Å². The van der Waals surface area contributed by atoms with Gasteiger partial charge in [0.25, 0.3) is 0 Å². The van der Waals surface area contributed by atoms with E-state index in [2.05, 4.69) is 33.2 Å². The number of anilines is 1. The van der Waals surface area contributed by atoms with Crippen molar-refractivity contribution in [1.29, 1.82) is 0 Å². The lowest BCUT2D eigenvalue weighted by Crippen LogP contribution is -2.49. The molecule has 3 heterocycles. The van der Waals surface area contributed by atoms with Crippen LogP contribution in [-0.4, -0.2) is 65.2 Å². The zero-order valence-electron chi connectivity index (χ0n) is 17.5. The first kappa shape index (κ1) is 21.3. The second-order valence-corrected chi connectivity index (χ2v) is 9.14. The highest BCUT2D eigenvalue weighted by molar-refractivity contribution is 7.18. The summed E-state index contributed by atoms with van der Waals surface area (Å²) in [5.74, 6) is 0.988. The molecule has 0 aromatic carbocycles. The number of piperazine rings is 1. The lowest BCUT2D eigenvalue weighted by molar-refractivity contribution is -0.131. The van der Waals surface area contributed by atoms with Crippen LogP contribution < -0.4 is 10.2 Å². The van der Waals surface area contributed by atoms with E-state index < -0.39 is 11.7 Å². The smallest absolute Gasteiger partial charge is 0.407 e. The quantitative estimate of drug-likeness (QED) is 0.802. The number of hydrogen-bond acceptors (Lipinski definition) is 7. The Kier molecular flexibility index (Phi) is 6.56. The van der Waals surface area contributed by atoms with Crippen molar-refractivity contribution in [3.63, 3.8) is 0 Å². The minimum atomic E-state index is -0.544. The molecule has 2 aromatic heterocycles. The van der Waals surface area contributed by atoms with Gasteiger partial charge < -0.3 is 19.9 Å². The second-order valence-electron chi connectivity index (χ2n) is 8.03. The number of aromatic nitrogens is 2. The van der Waals surface area contributed by atoms with E-state index >= 15 is 0 Å². The van der Waals surface area contributed by atoms with Crippen LogP contribution in [0, 0.1) is 0 Å². The SMILES string of the molecule is CCc1cc2c(N3CCN(C(=O)CCNC(=O)OC(C)(C)C)CC3)ncnc2s1. The summed E-state index contributed by atoms with van der Waals surface area (Å²) in [6.07, 6.45) is 2.37. The summed E-state index contributed by atoms with van der Waals surface area (Å²) in [6, 6.07) is 2.18. The van der Waals surface area contributed by atoms with Gasteiger partial charge in [0, 0.05) is 44.0 Å². The normalized spacial score (nSPS) is 14.9. The Bertz CT molecular complexity index is 869. The fraction of sp³-hybridized carbons (Fsp3) is 0.600. The van der Waals surface area contributed by atoms with E-state index in [4.69, 9.17) is 4.74 Å². The van der Waals surface area contributed by atoms with Crippen molar-refractivity contribution in [1.82, 2.24) is 20.2 Å². The maximum Gasteiger partial charge on any atom is 0.407 e. The summed E-state index contributed by atoms with van der Waals surface area (Å²) in [5.41, 5.74) is -0.544. The topological polar surface area (TPSA) is 87.7 Å². The van der Waals surface area contributed by atoms with Crippen molar-refractivity contribution in [2.24, 2.45) is 0 Å². The number of alkyl carbamates (subject to hydrolysis) is 1. The van der Waals surface area contributed by atoms with Gasteiger partial charge in [0.05, 0.1) is 5.39 Å². The van der Waals surface area contributed by atoms with Crippen LogP contribution in [0.25, 0.3) is 10.2 Å². The summed E-state index contributed by atoms with van der Waals surface area (Å²) in [6.45, 7) is 10.6. The van der Waals surface area contributed by atoms with Gasteiger partial charge in [-0.15, -0.1) is 11.3 Å². The van der Waals surface area contributed by atoms with Crippen molar-refractivity contribution >= 4 is 39.4 Å². The van der Waals surface area contributed by atoms with Gasteiger partial charge in [-0.25, -0.2) is 14.8 Å². The van der Waals surface area contributed by atoms with Crippen LogP contribution in [0.15, 0.2) is 12.4 Å². The fourth-order valence-electron chi connectivity index (χ4n) is 3.23. The molecule has 2 aromatic rings. The summed E-state index contributed by atoms with van der Waals surface area (Å²) >= 11 is 1.71. The Labute approximate surface area is 175 Å². The summed E-state index contributed by atoms with van der Waals surface area (Å²) in [7, 11) is 0. The summed E-state index contributed by atoms with van der Waals surface area (Å²) < 4.78 is 5.18. The molecule has 0 aliphatic carbocycles. The van der Waals surface area contributed by atoms with E-state index in [1.807, 2.05) is 25.7 Å². The number of fused-ring (bicyclic) bond motifs is 1. The molecule has 8 nitrogen and oxygen atoms in total. The number of amides is 2. The molecule has 1 aliphatic rings. The molecular formula is C20H29N5O3S. The van der Waals surface area contributed by atoms with Gasteiger partial charge in [-0.3, -0.25) is 4.79 Å². The molecule has 1 saturated heterocycles. The molecule has 0 spiro atoms. The highest BCUT2D eigenvalue weighted by Crippen LogP contribution is 2.30. The Balaban J connectivity index is 1.50. The van der Waals surface area contributed by atoms with Crippen LogP contribution in [0.2, 0.25) is 0 Å². The monoisotopic (exact) mass is 419 g/mol. The Morgan fingerprint density at radius 2 is 1.93 bits per heavy atom. The first-order valence-electron chi connectivity index (χ1n) is 10.00. The molecule has 29 heavy (non-hydrogen) atoms. The number of carbonyl (C=O) groups excluding carboxylic acids is 2. The van der Waals surface area contributed by atoms with E-state index in [0.29, 0.717) is 13.1 Å². The Hall–Kier alpha value is -2.42. The van der Waals surface area contributed by atoms with E-state index in [1.54, 1.807) is 17.7 Å². The first-order chi connectivity index (χ1) is 13.8. The standard InChI is InChI=1S/C20H29N5O3S/c1-5-14-12-15-17(22-13-23-18(15)29-14)25-10-8-24(9-11-25)16(26)6-7-21-19(27)28-20(2,3)4/h12-13H,5-11H2,1-4H3,(H,21,27). The molecule has 9 heteroatoms. The predicted molar refractivity (Wildman–Crippen MR) is 114 cm³/mol. The highest BCUT2D eigenvalue weighted by atomic mass is 32.1. The average Bonchev–Trinajstić information content (AvgIpc) is 3.10. The summed E-state index contributed by atoms with van der Waals surface area (Å²) in [4.78, 5) is 39.4. The second kappa shape index (κ2) is 8.94. The number of thiophene rings is 1. The van der Waals surface area contributed by atoms with Gasteiger partial charge in [-0.1, -0.05) is 6.92 Å². The van der Waals surface area contributed by atoms with Crippen molar-refractivity contribution in [3.05, 3.63) is 17.3 Å². The van der Waals surface area contributed by atoms with Gasteiger partial charge in [-0.2, -0.15) is 0 Å². The number of nitrogens with one attached hydrogen (secondary N) is 1. The number of aryl methyl sites for hydroxylation is 1.